The van der Waals surface area contributed by atoms with Gasteiger partial charge in [0.1, 0.15) is 10.4 Å². The number of thiophene rings is 1. The van der Waals surface area contributed by atoms with E-state index < -0.39 is 0 Å². The molecule has 2 aromatic carbocycles. The van der Waals surface area contributed by atoms with E-state index in [1.54, 1.807) is 0 Å². The van der Waals surface area contributed by atoms with Gasteiger partial charge in [-0.2, -0.15) is 0 Å². The molecule has 0 spiro atoms. The van der Waals surface area contributed by atoms with Gasteiger partial charge in [0.25, 0.3) is 5.91 Å². The number of aromatic nitrogens is 1. The molecule has 4 nitrogen and oxygen atoms in total. The maximum Gasteiger partial charge on any atom is 0.265 e. The summed E-state index contributed by atoms with van der Waals surface area (Å²) in [6.45, 7) is 1.37. The molecule has 1 amide bonds. The number of halogens is 1. The number of likely N-dealkylation sites (tertiary alicyclic amines) is 1. The average molecular weight is 397 g/mol. The molecular formula is C21H17ClN2O2S. The summed E-state index contributed by atoms with van der Waals surface area (Å²) in [5, 5.41) is 1.52. The number of nitrogens with zero attached hydrogens (tertiary/aromatic N) is 2. The molecule has 136 valence electrons. The summed E-state index contributed by atoms with van der Waals surface area (Å²) in [4.78, 5) is 20.1. The fourth-order valence-electron chi connectivity index (χ4n) is 3.69. The van der Waals surface area contributed by atoms with Crippen molar-refractivity contribution < 1.29 is 9.21 Å². The summed E-state index contributed by atoms with van der Waals surface area (Å²) in [5.74, 6) is 1.06. The lowest BCUT2D eigenvalue weighted by Crippen LogP contribution is -2.37. The molecule has 0 aliphatic carbocycles. The van der Waals surface area contributed by atoms with Crippen molar-refractivity contribution in [3.63, 3.8) is 0 Å². The predicted molar refractivity (Wildman–Crippen MR) is 109 cm³/mol. The van der Waals surface area contributed by atoms with Gasteiger partial charge in [0.2, 0.25) is 0 Å². The number of benzene rings is 2. The molecule has 3 heterocycles. The standard InChI is InChI=1S/C21H17ClN2O2S/c22-18-14-5-1-4-8-17(14)27-19(18)21(25)24-11-9-13(10-12-24)20-23-15-6-2-3-7-16(15)26-20/h1-8,13H,9-12H2. The van der Waals surface area contributed by atoms with E-state index in [2.05, 4.69) is 4.98 Å². The van der Waals surface area contributed by atoms with Gasteiger partial charge in [-0.1, -0.05) is 41.9 Å². The minimum Gasteiger partial charge on any atom is -0.440 e. The molecule has 1 fully saturated rings. The highest BCUT2D eigenvalue weighted by Gasteiger charge is 2.29. The SMILES string of the molecule is O=C(c1sc2ccccc2c1Cl)N1CCC(c2nc3ccccc3o2)CC1. The summed E-state index contributed by atoms with van der Waals surface area (Å²) in [6.07, 6.45) is 1.70. The number of carbonyl (C=O) groups excluding carboxylic acids is 1. The zero-order valence-corrected chi connectivity index (χ0v) is 16.1. The molecule has 5 rings (SSSR count). The second kappa shape index (κ2) is 6.66. The van der Waals surface area contributed by atoms with E-state index in [1.807, 2.05) is 53.4 Å². The van der Waals surface area contributed by atoms with Crippen LogP contribution in [0.1, 0.15) is 34.3 Å². The summed E-state index contributed by atoms with van der Waals surface area (Å²) in [6, 6.07) is 15.7. The van der Waals surface area contributed by atoms with Crippen LogP contribution in [0, 0.1) is 0 Å². The zero-order chi connectivity index (χ0) is 18.4. The first-order valence-electron chi connectivity index (χ1n) is 9.02. The van der Waals surface area contributed by atoms with E-state index in [9.17, 15) is 4.79 Å². The van der Waals surface area contributed by atoms with E-state index in [-0.39, 0.29) is 11.8 Å². The van der Waals surface area contributed by atoms with Gasteiger partial charge in [0, 0.05) is 29.1 Å². The van der Waals surface area contributed by atoms with Crippen molar-refractivity contribution >= 4 is 50.0 Å². The number of amides is 1. The Morgan fingerprint density at radius 3 is 2.63 bits per heavy atom. The molecule has 0 bridgehead atoms. The van der Waals surface area contributed by atoms with Crippen LogP contribution in [0.2, 0.25) is 5.02 Å². The Bertz CT molecular complexity index is 1110. The van der Waals surface area contributed by atoms with Gasteiger partial charge in [-0.05, 0) is 31.0 Å². The van der Waals surface area contributed by atoms with Gasteiger partial charge < -0.3 is 9.32 Å². The van der Waals surface area contributed by atoms with Crippen LogP contribution in [0.15, 0.2) is 52.9 Å². The minimum atomic E-state index is 0.0252. The number of hydrogen-bond donors (Lipinski definition) is 0. The molecule has 1 aliphatic rings. The lowest BCUT2D eigenvalue weighted by molar-refractivity contribution is 0.0712. The molecule has 0 unspecified atom stereocenters. The Kier molecular flexibility index (Phi) is 4.14. The number of carbonyl (C=O) groups is 1. The first-order chi connectivity index (χ1) is 13.2. The highest BCUT2D eigenvalue weighted by Crippen LogP contribution is 2.37. The molecule has 6 heteroatoms. The monoisotopic (exact) mass is 396 g/mol. The van der Waals surface area contributed by atoms with E-state index >= 15 is 0 Å². The molecular weight excluding hydrogens is 380 g/mol. The van der Waals surface area contributed by atoms with E-state index in [4.69, 9.17) is 16.0 Å². The van der Waals surface area contributed by atoms with Gasteiger partial charge in [0.05, 0.1) is 5.02 Å². The van der Waals surface area contributed by atoms with Crippen LogP contribution >= 0.6 is 22.9 Å². The first kappa shape index (κ1) is 16.8. The Morgan fingerprint density at radius 2 is 1.85 bits per heavy atom. The lowest BCUT2D eigenvalue weighted by Gasteiger charge is -2.30. The molecule has 4 aromatic rings. The van der Waals surface area contributed by atoms with Crippen molar-refractivity contribution in [3.8, 4) is 0 Å². The van der Waals surface area contributed by atoms with Crippen LogP contribution in [0.25, 0.3) is 21.2 Å². The Labute approximate surface area is 165 Å². The van der Waals surface area contributed by atoms with Gasteiger partial charge >= 0.3 is 0 Å². The predicted octanol–water partition coefficient (Wildman–Crippen LogP) is 5.72. The van der Waals surface area contributed by atoms with Crippen LogP contribution in [0.4, 0.5) is 0 Å². The van der Waals surface area contributed by atoms with Crippen molar-refractivity contribution in [2.45, 2.75) is 18.8 Å². The quantitative estimate of drug-likeness (QED) is 0.435. The number of oxazole rings is 1. The smallest absolute Gasteiger partial charge is 0.265 e. The van der Waals surface area contributed by atoms with Gasteiger partial charge in [-0.3, -0.25) is 4.79 Å². The highest BCUT2D eigenvalue weighted by molar-refractivity contribution is 7.21. The summed E-state index contributed by atoms with van der Waals surface area (Å²) < 4.78 is 6.96. The Hall–Kier alpha value is -2.37. The highest BCUT2D eigenvalue weighted by atomic mass is 35.5. The number of piperidine rings is 1. The number of para-hydroxylation sites is 2. The molecule has 0 saturated carbocycles. The van der Waals surface area contributed by atoms with Crippen LogP contribution in [0.5, 0.6) is 0 Å². The third kappa shape index (κ3) is 2.91. The number of rotatable bonds is 2. The molecule has 1 saturated heterocycles. The molecule has 0 radical (unpaired) electrons. The lowest BCUT2D eigenvalue weighted by atomic mass is 9.96. The van der Waals surface area contributed by atoms with Crippen molar-refractivity contribution in [2.24, 2.45) is 0 Å². The normalized spacial score (nSPS) is 15.7. The fourth-order valence-corrected chi connectivity index (χ4v) is 5.17. The van der Waals surface area contributed by atoms with Gasteiger partial charge in [0.15, 0.2) is 11.5 Å². The molecule has 1 aliphatic heterocycles. The van der Waals surface area contributed by atoms with E-state index in [0.717, 1.165) is 39.9 Å². The maximum atomic E-state index is 13.0. The van der Waals surface area contributed by atoms with E-state index in [0.29, 0.717) is 23.0 Å². The van der Waals surface area contributed by atoms with Crippen LogP contribution < -0.4 is 0 Å². The van der Waals surface area contributed by atoms with Crippen LogP contribution in [-0.4, -0.2) is 28.9 Å². The zero-order valence-electron chi connectivity index (χ0n) is 14.5. The molecule has 0 atom stereocenters. The van der Waals surface area contributed by atoms with Crippen LogP contribution in [0.3, 0.4) is 0 Å². The Balaban J connectivity index is 1.33. The maximum absolute atomic E-state index is 13.0. The third-order valence-corrected chi connectivity index (χ3v) is 6.83. The largest absolute Gasteiger partial charge is 0.440 e. The first-order valence-corrected chi connectivity index (χ1v) is 10.2. The topological polar surface area (TPSA) is 46.3 Å². The Morgan fingerprint density at radius 1 is 1.11 bits per heavy atom. The van der Waals surface area contributed by atoms with Gasteiger partial charge in [-0.25, -0.2) is 4.98 Å². The van der Waals surface area contributed by atoms with E-state index in [1.165, 1.54) is 11.3 Å². The molecule has 2 aromatic heterocycles. The van der Waals surface area contributed by atoms with Crippen molar-refractivity contribution in [2.75, 3.05) is 13.1 Å². The van der Waals surface area contributed by atoms with Crippen molar-refractivity contribution in [1.29, 1.82) is 0 Å². The third-order valence-electron chi connectivity index (χ3n) is 5.17. The summed E-state index contributed by atoms with van der Waals surface area (Å²) >= 11 is 7.95. The fraction of sp³-hybridized carbons (Fsp3) is 0.238. The van der Waals surface area contributed by atoms with Crippen molar-refractivity contribution in [3.05, 3.63) is 64.3 Å². The molecule has 27 heavy (non-hydrogen) atoms. The number of hydrogen-bond acceptors (Lipinski definition) is 4. The minimum absolute atomic E-state index is 0.0252. The summed E-state index contributed by atoms with van der Waals surface area (Å²) in [7, 11) is 0. The second-order valence-corrected chi connectivity index (χ2v) is 8.26. The van der Waals surface area contributed by atoms with Gasteiger partial charge in [-0.15, -0.1) is 11.3 Å². The summed E-state index contributed by atoms with van der Waals surface area (Å²) in [5.41, 5.74) is 1.71. The van der Waals surface area contributed by atoms with Crippen LogP contribution in [-0.2, 0) is 0 Å². The second-order valence-electron chi connectivity index (χ2n) is 6.83. The molecule has 0 N–H and O–H groups in total. The number of fused-ring (bicyclic) bond motifs is 2. The average Bonchev–Trinajstić information content (AvgIpc) is 3.29. The van der Waals surface area contributed by atoms with Crippen molar-refractivity contribution in [1.82, 2.24) is 9.88 Å².